The summed E-state index contributed by atoms with van der Waals surface area (Å²) in [7, 11) is 0. The highest BCUT2D eigenvalue weighted by Gasteiger charge is 2.12. The maximum absolute atomic E-state index is 10.3. The van der Waals surface area contributed by atoms with E-state index < -0.39 is 5.97 Å². The average Bonchev–Trinajstić information content (AvgIpc) is 1.86. The van der Waals surface area contributed by atoms with Gasteiger partial charge in [-0.2, -0.15) is 0 Å². The van der Waals surface area contributed by atoms with Gasteiger partial charge in [0.1, 0.15) is 0 Å². The molecule has 0 aromatic rings. The van der Waals surface area contributed by atoms with Crippen LogP contribution >= 0.6 is 0 Å². The fourth-order valence-electron chi connectivity index (χ4n) is 0.735. The maximum Gasteiger partial charge on any atom is 0.306 e. The van der Waals surface area contributed by atoms with E-state index in [-0.39, 0.29) is 12.5 Å². The summed E-state index contributed by atoms with van der Waals surface area (Å²) < 4.78 is 5.13. The van der Waals surface area contributed by atoms with Crippen LogP contribution < -0.4 is 0 Å². The first-order valence-corrected chi connectivity index (χ1v) is 3.56. The minimum Gasteiger partial charge on any atom is -0.481 e. The smallest absolute Gasteiger partial charge is 0.306 e. The van der Waals surface area contributed by atoms with Crippen LogP contribution in [0.3, 0.4) is 0 Å². The van der Waals surface area contributed by atoms with Crippen molar-refractivity contribution in [1.82, 2.24) is 0 Å². The quantitative estimate of drug-likeness (QED) is 0.616. The largest absolute Gasteiger partial charge is 0.481 e. The molecule has 0 spiro atoms. The number of aliphatic carboxylic acids is 1. The molecule has 3 heteroatoms. The molecule has 0 rings (SSSR count). The van der Waals surface area contributed by atoms with E-state index in [0.29, 0.717) is 6.61 Å². The van der Waals surface area contributed by atoms with Crippen molar-refractivity contribution in [2.75, 3.05) is 6.61 Å². The molecule has 0 bridgehead atoms. The van der Waals surface area contributed by atoms with Gasteiger partial charge in [0.2, 0.25) is 0 Å². The summed E-state index contributed by atoms with van der Waals surface area (Å²) in [5.74, 6) is -0.855. The molecule has 3 nitrogen and oxygen atoms in total. The summed E-state index contributed by atoms with van der Waals surface area (Å²) in [5.41, 5.74) is 0.759. The molecule has 0 saturated heterocycles. The van der Waals surface area contributed by atoms with Crippen LogP contribution in [0.1, 0.15) is 20.3 Å². The Morgan fingerprint density at radius 2 is 2.27 bits per heavy atom. The van der Waals surface area contributed by atoms with Crippen molar-refractivity contribution in [3.8, 4) is 0 Å². The van der Waals surface area contributed by atoms with Crippen LogP contribution in [0.25, 0.3) is 0 Å². The first-order valence-electron chi connectivity index (χ1n) is 3.56. The topological polar surface area (TPSA) is 46.5 Å². The fraction of sp³-hybridized carbons (Fsp3) is 0.625. The number of rotatable bonds is 5. The molecule has 0 aromatic heterocycles. The summed E-state index contributed by atoms with van der Waals surface area (Å²) in [6, 6.07) is 0. The first-order chi connectivity index (χ1) is 5.07. The predicted molar refractivity (Wildman–Crippen MR) is 42.5 cm³/mol. The lowest BCUT2D eigenvalue weighted by molar-refractivity contribution is -0.139. The van der Waals surface area contributed by atoms with E-state index in [1.54, 1.807) is 6.92 Å². The zero-order valence-corrected chi connectivity index (χ0v) is 6.96. The van der Waals surface area contributed by atoms with Gasteiger partial charge in [0, 0.05) is 6.61 Å². The van der Waals surface area contributed by atoms with E-state index in [2.05, 4.69) is 6.58 Å². The lowest BCUT2D eigenvalue weighted by Gasteiger charge is -2.13. The second-order valence-electron chi connectivity index (χ2n) is 2.39. The number of ether oxygens (including phenoxy) is 1. The fourth-order valence-corrected chi connectivity index (χ4v) is 0.735. The van der Waals surface area contributed by atoms with E-state index in [1.807, 2.05) is 6.92 Å². The molecule has 64 valence electrons. The van der Waals surface area contributed by atoms with Crippen LogP contribution in [0.5, 0.6) is 0 Å². The molecule has 0 unspecified atom stereocenters. The van der Waals surface area contributed by atoms with Crippen LogP contribution in [0.15, 0.2) is 12.2 Å². The summed E-state index contributed by atoms with van der Waals surface area (Å²) in [6.07, 6.45) is -0.333. The van der Waals surface area contributed by atoms with Gasteiger partial charge in [-0.15, -0.1) is 0 Å². The third-order valence-electron chi connectivity index (χ3n) is 1.28. The summed E-state index contributed by atoms with van der Waals surface area (Å²) in [6.45, 7) is 7.76. The highest BCUT2D eigenvalue weighted by molar-refractivity contribution is 5.67. The van der Waals surface area contributed by atoms with E-state index >= 15 is 0 Å². The van der Waals surface area contributed by atoms with Crippen molar-refractivity contribution in [2.45, 2.75) is 26.4 Å². The Kier molecular flexibility index (Phi) is 4.54. The summed E-state index contributed by atoms with van der Waals surface area (Å²) >= 11 is 0. The van der Waals surface area contributed by atoms with Gasteiger partial charge < -0.3 is 9.84 Å². The van der Waals surface area contributed by atoms with Crippen molar-refractivity contribution in [3.05, 3.63) is 12.2 Å². The Hall–Kier alpha value is -0.830. The third kappa shape index (κ3) is 4.56. The molecule has 0 aromatic carbocycles. The average molecular weight is 158 g/mol. The van der Waals surface area contributed by atoms with Gasteiger partial charge in [-0.3, -0.25) is 4.79 Å². The molecule has 1 atom stereocenters. The van der Waals surface area contributed by atoms with Gasteiger partial charge in [0.25, 0.3) is 0 Å². The normalized spacial score (nSPS) is 12.5. The second-order valence-corrected chi connectivity index (χ2v) is 2.39. The monoisotopic (exact) mass is 158 g/mol. The molecule has 11 heavy (non-hydrogen) atoms. The lowest BCUT2D eigenvalue weighted by Crippen LogP contribution is -2.18. The predicted octanol–water partition coefficient (Wildman–Crippen LogP) is 1.44. The highest BCUT2D eigenvalue weighted by atomic mass is 16.5. The Bertz CT molecular complexity index is 151. The Labute approximate surface area is 66.7 Å². The van der Waals surface area contributed by atoms with E-state index in [9.17, 15) is 4.79 Å². The zero-order valence-electron chi connectivity index (χ0n) is 6.96. The van der Waals surface area contributed by atoms with E-state index in [4.69, 9.17) is 9.84 Å². The van der Waals surface area contributed by atoms with Crippen LogP contribution in [0.4, 0.5) is 0 Å². The van der Waals surface area contributed by atoms with Crippen molar-refractivity contribution in [2.24, 2.45) is 0 Å². The number of carbonyl (C=O) groups is 1. The SMILES string of the molecule is C=C(C)[C@@H](CC(=O)O)OCC. The zero-order chi connectivity index (χ0) is 8.85. The van der Waals surface area contributed by atoms with Crippen molar-refractivity contribution in [1.29, 1.82) is 0 Å². The van der Waals surface area contributed by atoms with Crippen molar-refractivity contribution in [3.63, 3.8) is 0 Å². The number of carboxylic acid groups (broad SMARTS) is 1. The molecule has 0 amide bonds. The minimum absolute atomic E-state index is 0.00315. The Morgan fingerprint density at radius 3 is 2.55 bits per heavy atom. The molecule has 0 aliphatic heterocycles. The highest BCUT2D eigenvalue weighted by Crippen LogP contribution is 2.07. The Balaban J connectivity index is 3.89. The standard InChI is InChI=1S/C8H14O3/c1-4-11-7(6(2)3)5-8(9)10/h7H,2,4-5H2,1,3H3,(H,9,10)/t7-/m1/s1. The van der Waals surface area contributed by atoms with Crippen molar-refractivity contribution >= 4 is 5.97 Å². The van der Waals surface area contributed by atoms with Gasteiger partial charge in [0.05, 0.1) is 12.5 Å². The van der Waals surface area contributed by atoms with Gasteiger partial charge >= 0.3 is 5.97 Å². The van der Waals surface area contributed by atoms with Gasteiger partial charge in [-0.1, -0.05) is 12.2 Å². The number of carboxylic acids is 1. The lowest BCUT2D eigenvalue weighted by atomic mass is 10.1. The van der Waals surface area contributed by atoms with Crippen molar-refractivity contribution < 1.29 is 14.6 Å². The number of hydrogen-bond donors (Lipinski definition) is 1. The summed E-state index contributed by atoms with van der Waals surface area (Å²) in [5, 5.41) is 8.44. The molecule has 0 heterocycles. The van der Waals surface area contributed by atoms with E-state index in [0.717, 1.165) is 5.57 Å². The minimum atomic E-state index is -0.855. The summed E-state index contributed by atoms with van der Waals surface area (Å²) in [4.78, 5) is 10.3. The number of hydrogen-bond acceptors (Lipinski definition) is 2. The maximum atomic E-state index is 10.3. The van der Waals surface area contributed by atoms with Crippen LogP contribution in [0.2, 0.25) is 0 Å². The molecule has 0 saturated carbocycles. The third-order valence-corrected chi connectivity index (χ3v) is 1.28. The molecule has 0 fully saturated rings. The first kappa shape index (κ1) is 10.2. The van der Waals surface area contributed by atoms with Crippen LogP contribution in [-0.2, 0) is 9.53 Å². The molecule has 1 N–H and O–H groups in total. The molecular formula is C8H14O3. The van der Waals surface area contributed by atoms with Crippen LogP contribution in [0, 0.1) is 0 Å². The van der Waals surface area contributed by atoms with Gasteiger partial charge in [-0.25, -0.2) is 0 Å². The molecular weight excluding hydrogens is 144 g/mol. The van der Waals surface area contributed by atoms with Gasteiger partial charge in [0.15, 0.2) is 0 Å². The van der Waals surface area contributed by atoms with E-state index in [1.165, 1.54) is 0 Å². The Morgan fingerprint density at radius 1 is 1.73 bits per heavy atom. The second kappa shape index (κ2) is 4.91. The van der Waals surface area contributed by atoms with Crippen LogP contribution in [-0.4, -0.2) is 23.8 Å². The molecule has 0 aliphatic carbocycles. The van der Waals surface area contributed by atoms with Gasteiger partial charge in [-0.05, 0) is 13.8 Å². The molecule has 0 radical (unpaired) electrons. The molecule has 0 aliphatic rings.